The number of hydrogen-bond acceptors (Lipinski definition) is 4. The van der Waals surface area contributed by atoms with Gasteiger partial charge in [0.05, 0.1) is 29.1 Å². The number of amides is 2. The highest BCUT2D eigenvalue weighted by molar-refractivity contribution is 5.92. The fourth-order valence-corrected chi connectivity index (χ4v) is 3.55. The molecule has 0 bridgehead atoms. The van der Waals surface area contributed by atoms with Crippen LogP contribution in [0.1, 0.15) is 24.2 Å². The zero-order valence-corrected chi connectivity index (χ0v) is 17.9. The summed E-state index contributed by atoms with van der Waals surface area (Å²) in [6.07, 6.45) is 1.80. The van der Waals surface area contributed by atoms with Gasteiger partial charge in [-0.05, 0) is 44.8 Å². The molecule has 0 unspecified atom stereocenters. The molecule has 4 aromatic rings. The molecular weight excluding hydrogens is 388 g/mol. The molecule has 0 radical (unpaired) electrons. The molecule has 4 rings (SSSR count). The second-order valence-corrected chi connectivity index (χ2v) is 7.75. The number of anilines is 1. The molecule has 2 heterocycles. The molecule has 0 fully saturated rings. The summed E-state index contributed by atoms with van der Waals surface area (Å²) in [6, 6.07) is 21.2. The van der Waals surface area contributed by atoms with E-state index < -0.39 is 0 Å². The zero-order chi connectivity index (χ0) is 21.8. The van der Waals surface area contributed by atoms with Crippen LogP contribution in [0.2, 0.25) is 0 Å². The Balaban J connectivity index is 1.62. The van der Waals surface area contributed by atoms with Gasteiger partial charge in [0.15, 0.2) is 0 Å². The van der Waals surface area contributed by atoms with Gasteiger partial charge in [0.2, 0.25) is 0 Å². The quantitative estimate of drug-likeness (QED) is 0.491. The first kappa shape index (κ1) is 20.6. The summed E-state index contributed by atoms with van der Waals surface area (Å²) >= 11 is 0. The number of benzene rings is 2. The fraction of sp³-hybridized carbons (Fsp3) is 0.208. The van der Waals surface area contributed by atoms with Crippen molar-refractivity contribution in [1.29, 1.82) is 0 Å². The lowest BCUT2D eigenvalue weighted by atomic mass is 10.1. The maximum absolute atomic E-state index is 12.6. The molecule has 1 atom stereocenters. The molecule has 7 nitrogen and oxygen atoms in total. The van der Waals surface area contributed by atoms with Gasteiger partial charge in [-0.3, -0.25) is 5.32 Å². The highest BCUT2D eigenvalue weighted by atomic mass is 16.2. The molecule has 2 aromatic carbocycles. The summed E-state index contributed by atoms with van der Waals surface area (Å²) in [7, 11) is 3.98. The van der Waals surface area contributed by atoms with Crippen LogP contribution in [0.4, 0.5) is 10.6 Å². The van der Waals surface area contributed by atoms with Crippen LogP contribution in [0.3, 0.4) is 0 Å². The molecule has 7 heteroatoms. The Labute approximate surface area is 181 Å². The summed E-state index contributed by atoms with van der Waals surface area (Å²) in [5, 5.41) is 11.3. The Morgan fingerprint density at radius 1 is 1.06 bits per heavy atom. The summed E-state index contributed by atoms with van der Waals surface area (Å²) < 4.78 is 1.89. The average molecular weight is 415 g/mol. The molecule has 0 aliphatic carbocycles. The first-order chi connectivity index (χ1) is 15.0. The summed E-state index contributed by atoms with van der Waals surface area (Å²) in [4.78, 5) is 19.4. The van der Waals surface area contributed by atoms with Crippen LogP contribution in [0, 0.1) is 0 Å². The lowest BCUT2D eigenvalue weighted by molar-refractivity contribution is 0.249. The maximum Gasteiger partial charge on any atom is 0.320 e. The fourth-order valence-electron chi connectivity index (χ4n) is 3.55. The van der Waals surface area contributed by atoms with Crippen molar-refractivity contribution in [3.05, 3.63) is 84.2 Å². The predicted octanol–water partition coefficient (Wildman–Crippen LogP) is 4.36. The molecule has 2 aromatic heterocycles. The van der Waals surface area contributed by atoms with Crippen molar-refractivity contribution in [1.82, 2.24) is 25.0 Å². The number of pyridine rings is 1. The van der Waals surface area contributed by atoms with Crippen molar-refractivity contribution in [3.8, 4) is 5.69 Å². The number of carbonyl (C=O) groups excluding carboxylic acids is 1. The van der Waals surface area contributed by atoms with Crippen LogP contribution in [0.5, 0.6) is 0 Å². The van der Waals surface area contributed by atoms with Crippen LogP contribution < -0.4 is 10.6 Å². The van der Waals surface area contributed by atoms with Crippen LogP contribution in [-0.4, -0.2) is 39.8 Å². The summed E-state index contributed by atoms with van der Waals surface area (Å²) in [5.74, 6) is 0.495. The van der Waals surface area contributed by atoms with Crippen LogP contribution in [0.15, 0.2) is 72.9 Å². The normalized spacial score (nSPS) is 12.1. The second kappa shape index (κ2) is 8.97. The topological polar surface area (TPSA) is 75.1 Å². The van der Waals surface area contributed by atoms with Gasteiger partial charge < -0.3 is 10.2 Å². The minimum atomic E-state index is -0.297. The van der Waals surface area contributed by atoms with E-state index in [-0.39, 0.29) is 12.1 Å². The van der Waals surface area contributed by atoms with Crippen molar-refractivity contribution >= 4 is 22.8 Å². The van der Waals surface area contributed by atoms with E-state index in [1.54, 1.807) is 6.20 Å². The number of hydrogen-bond donors (Lipinski definition) is 2. The molecular formula is C24H26N6O. The van der Waals surface area contributed by atoms with E-state index in [1.165, 1.54) is 0 Å². The van der Waals surface area contributed by atoms with Gasteiger partial charge in [-0.1, -0.05) is 48.5 Å². The van der Waals surface area contributed by atoms with E-state index in [2.05, 4.69) is 15.7 Å². The van der Waals surface area contributed by atoms with E-state index in [0.717, 1.165) is 27.8 Å². The Morgan fingerprint density at radius 2 is 1.74 bits per heavy atom. The van der Waals surface area contributed by atoms with E-state index in [1.807, 2.05) is 97.3 Å². The minimum absolute atomic E-state index is 0.119. The Kier molecular flexibility index (Phi) is 5.95. The summed E-state index contributed by atoms with van der Waals surface area (Å²) in [5.41, 5.74) is 3.78. The molecule has 0 aliphatic rings. The van der Waals surface area contributed by atoms with Gasteiger partial charge in [-0.25, -0.2) is 14.5 Å². The average Bonchev–Trinajstić information content (AvgIpc) is 3.19. The van der Waals surface area contributed by atoms with Crippen molar-refractivity contribution in [2.45, 2.75) is 19.5 Å². The smallest absolute Gasteiger partial charge is 0.320 e. The number of aromatic nitrogens is 3. The Morgan fingerprint density at radius 3 is 2.42 bits per heavy atom. The van der Waals surface area contributed by atoms with Gasteiger partial charge in [-0.15, -0.1) is 0 Å². The van der Waals surface area contributed by atoms with Gasteiger partial charge in [0.1, 0.15) is 5.82 Å². The van der Waals surface area contributed by atoms with E-state index in [0.29, 0.717) is 12.4 Å². The molecule has 0 spiro atoms. The number of para-hydroxylation sites is 1. The number of nitrogens with one attached hydrogen (secondary N) is 2. The van der Waals surface area contributed by atoms with Crippen LogP contribution in [-0.2, 0) is 6.54 Å². The number of nitrogens with zero attached hydrogens (tertiary/aromatic N) is 4. The molecule has 2 N–H and O–H groups in total. The molecule has 0 saturated heterocycles. The lowest BCUT2D eigenvalue weighted by Gasteiger charge is -2.16. The van der Waals surface area contributed by atoms with Crippen molar-refractivity contribution in [2.24, 2.45) is 0 Å². The standard InChI is InChI=1S/C24H26N6O/c1-17(18-10-6-4-7-11-18)26-24(31)28-22-14-19-15-25-30(20-12-8-5-9-13-20)23(19)21(27-22)16-29(2)3/h4-15,17H,16H2,1-3H3,(H2,26,27,28,31)/t17-/m1/s1. The van der Waals surface area contributed by atoms with E-state index >= 15 is 0 Å². The number of fused-ring (bicyclic) bond motifs is 1. The maximum atomic E-state index is 12.6. The van der Waals surface area contributed by atoms with Gasteiger partial charge >= 0.3 is 6.03 Å². The third-order valence-corrected chi connectivity index (χ3v) is 4.97. The van der Waals surface area contributed by atoms with Gasteiger partial charge in [-0.2, -0.15) is 5.10 Å². The lowest BCUT2D eigenvalue weighted by Crippen LogP contribution is -2.31. The largest absolute Gasteiger partial charge is 0.331 e. The third kappa shape index (κ3) is 4.73. The second-order valence-electron chi connectivity index (χ2n) is 7.75. The molecule has 31 heavy (non-hydrogen) atoms. The Hall–Kier alpha value is -3.71. The van der Waals surface area contributed by atoms with Gasteiger partial charge in [0.25, 0.3) is 0 Å². The molecule has 0 saturated carbocycles. The van der Waals surface area contributed by atoms with Gasteiger partial charge in [0, 0.05) is 11.9 Å². The predicted molar refractivity (Wildman–Crippen MR) is 123 cm³/mol. The Bertz CT molecular complexity index is 1170. The summed E-state index contributed by atoms with van der Waals surface area (Å²) in [6.45, 7) is 2.57. The molecule has 0 aliphatic heterocycles. The van der Waals surface area contributed by atoms with E-state index in [9.17, 15) is 4.79 Å². The highest BCUT2D eigenvalue weighted by Gasteiger charge is 2.16. The van der Waals surface area contributed by atoms with Crippen LogP contribution in [0.25, 0.3) is 16.6 Å². The first-order valence-corrected chi connectivity index (χ1v) is 10.2. The SMILES string of the molecule is C[C@@H](NC(=O)Nc1cc2cnn(-c3ccccc3)c2c(CN(C)C)n1)c1ccccc1. The van der Waals surface area contributed by atoms with Crippen molar-refractivity contribution in [2.75, 3.05) is 19.4 Å². The number of urea groups is 1. The zero-order valence-electron chi connectivity index (χ0n) is 17.9. The highest BCUT2D eigenvalue weighted by Crippen LogP contribution is 2.25. The van der Waals surface area contributed by atoms with E-state index in [4.69, 9.17) is 4.98 Å². The molecule has 158 valence electrons. The monoisotopic (exact) mass is 414 g/mol. The minimum Gasteiger partial charge on any atom is -0.331 e. The van der Waals surface area contributed by atoms with Crippen molar-refractivity contribution < 1.29 is 4.79 Å². The van der Waals surface area contributed by atoms with Crippen molar-refractivity contribution in [3.63, 3.8) is 0 Å². The number of carbonyl (C=O) groups is 1. The molecule has 2 amide bonds. The van der Waals surface area contributed by atoms with Crippen LogP contribution >= 0.6 is 0 Å². The number of rotatable bonds is 6. The first-order valence-electron chi connectivity index (χ1n) is 10.2. The third-order valence-electron chi connectivity index (χ3n) is 4.97.